The van der Waals surface area contributed by atoms with Gasteiger partial charge in [0.25, 0.3) is 5.91 Å². The minimum Gasteiger partial charge on any atom is -0.409 e. The molecule has 0 radical (unpaired) electrons. The number of amides is 1. The molecule has 1 aliphatic carbocycles. The molecule has 1 aliphatic rings. The highest BCUT2D eigenvalue weighted by Crippen LogP contribution is 2.25. The molecule has 0 bridgehead atoms. The van der Waals surface area contributed by atoms with Gasteiger partial charge in [0.1, 0.15) is 0 Å². The number of hydrogen-bond acceptors (Lipinski definition) is 3. The average Bonchev–Trinajstić information content (AvgIpc) is 2.83. The molecule has 102 valence electrons. The summed E-state index contributed by atoms with van der Waals surface area (Å²) in [5.41, 5.74) is 6.65. The fourth-order valence-corrected chi connectivity index (χ4v) is 2.46. The number of nitrogens with two attached hydrogens (primary N) is 1. The summed E-state index contributed by atoms with van der Waals surface area (Å²) in [5, 5.41) is 14.5. The second-order valence-electron chi connectivity index (χ2n) is 5.05. The van der Waals surface area contributed by atoms with Gasteiger partial charge in [-0.15, -0.1) is 0 Å². The minimum atomic E-state index is -0.0650. The molecule has 2 unspecified atom stereocenters. The quantitative estimate of drug-likeness (QED) is 0.335. The van der Waals surface area contributed by atoms with Crippen molar-refractivity contribution in [2.24, 2.45) is 16.8 Å². The van der Waals surface area contributed by atoms with Gasteiger partial charge < -0.3 is 16.3 Å². The van der Waals surface area contributed by atoms with Crippen molar-refractivity contribution in [2.45, 2.75) is 32.2 Å². The number of oxime groups is 1. The van der Waals surface area contributed by atoms with E-state index in [2.05, 4.69) is 17.4 Å². The lowest BCUT2D eigenvalue weighted by Crippen LogP contribution is -2.36. The van der Waals surface area contributed by atoms with E-state index in [1.165, 1.54) is 12.8 Å². The zero-order valence-electron chi connectivity index (χ0n) is 11.0. The Labute approximate surface area is 112 Å². The van der Waals surface area contributed by atoms with E-state index in [-0.39, 0.29) is 17.8 Å². The fraction of sp³-hybridized carbons (Fsp3) is 0.429. The zero-order valence-corrected chi connectivity index (χ0v) is 11.0. The van der Waals surface area contributed by atoms with Gasteiger partial charge in [0.05, 0.1) is 0 Å². The van der Waals surface area contributed by atoms with Crippen LogP contribution in [0.2, 0.25) is 0 Å². The standard InChI is InChI=1S/C14H19N3O2/c1-9-3-2-4-12(9)16-14(18)11-7-5-10(6-8-11)13(15)17-19/h5-9,12,19H,2-4H2,1H3,(H2,15,17)(H,16,18). The van der Waals surface area contributed by atoms with Crippen molar-refractivity contribution in [2.75, 3.05) is 0 Å². The van der Waals surface area contributed by atoms with Gasteiger partial charge >= 0.3 is 0 Å². The third kappa shape index (κ3) is 3.05. The topological polar surface area (TPSA) is 87.7 Å². The summed E-state index contributed by atoms with van der Waals surface area (Å²) >= 11 is 0. The third-order valence-electron chi connectivity index (χ3n) is 3.73. The predicted octanol–water partition coefficient (Wildman–Crippen LogP) is 1.70. The number of carbonyl (C=O) groups excluding carboxylic acids is 1. The number of nitrogens with one attached hydrogen (secondary N) is 1. The summed E-state index contributed by atoms with van der Waals surface area (Å²) in [6.07, 6.45) is 3.40. The monoisotopic (exact) mass is 261 g/mol. The van der Waals surface area contributed by atoms with Crippen molar-refractivity contribution in [3.05, 3.63) is 35.4 Å². The summed E-state index contributed by atoms with van der Waals surface area (Å²) in [5.74, 6) is 0.515. The van der Waals surface area contributed by atoms with Crippen LogP contribution < -0.4 is 11.1 Å². The van der Waals surface area contributed by atoms with Gasteiger partial charge in [-0.05, 0) is 30.9 Å². The summed E-state index contributed by atoms with van der Waals surface area (Å²) in [4.78, 5) is 12.1. The van der Waals surface area contributed by atoms with Crippen molar-refractivity contribution >= 4 is 11.7 Å². The largest absolute Gasteiger partial charge is 0.409 e. The van der Waals surface area contributed by atoms with E-state index in [9.17, 15) is 4.79 Å². The van der Waals surface area contributed by atoms with Crippen LogP contribution in [-0.4, -0.2) is 23.0 Å². The Hall–Kier alpha value is -2.04. The molecule has 1 saturated carbocycles. The van der Waals surface area contributed by atoms with Gasteiger partial charge in [-0.25, -0.2) is 0 Å². The Kier molecular flexibility index (Phi) is 4.04. The van der Waals surface area contributed by atoms with Gasteiger partial charge in [0.15, 0.2) is 5.84 Å². The van der Waals surface area contributed by atoms with E-state index < -0.39 is 0 Å². The molecule has 1 fully saturated rings. The van der Waals surface area contributed by atoms with Crippen LogP contribution >= 0.6 is 0 Å². The minimum absolute atomic E-state index is 0.0383. The Morgan fingerprint density at radius 3 is 2.47 bits per heavy atom. The van der Waals surface area contributed by atoms with Crippen molar-refractivity contribution in [1.82, 2.24) is 5.32 Å². The molecule has 4 N–H and O–H groups in total. The lowest BCUT2D eigenvalue weighted by molar-refractivity contribution is 0.0929. The van der Waals surface area contributed by atoms with E-state index >= 15 is 0 Å². The van der Waals surface area contributed by atoms with Gasteiger partial charge in [-0.3, -0.25) is 4.79 Å². The molecule has 0 aliphatic heterocycles. The Morgan fingerprint density at radius 2 is 1.95 bits per heavy atom. The average molecular weight is 261 g/mol. The number of amidine groups is 1. The second kappa shape index (κ2) is 5.73. The Morgan fingerprint density at radius 1 is 1.32 bits per heavy atom. The maximum absolute atomic E-state index is 12.1. The van der Waals surface area contributed by atoms with E-state index in [0.717, 1.165) is 6.42 Å². The lowest BCUT2D eigenvalue weighted by atomic mass is 10.1. The molecule has 0 spiro atoms. The molecule has 2 atom stereocenters. The zero-order chi connectivity index (χ0) is 13.8. The van der Waals surface area contributed by atoms with Crippen molar-refractivity contribution in [1.29, 1.82) is 0 Å². The normalized spacial score (nSPS) is 23.3. The van der Waals surface area contributed by atoms with Gasteiger partial charge in [-0.1, -0.05) is 30.6 Å². The molecule has 0 saturated heterocycles. The third-order valence-corrected chi connectivity index (χ3v) is 3.73. The number of hydrogen-bond donors (Lipinski definition) is 3. The first-order valence-corrected chi connectivity index (χ1v) is 6.50. The molecule has 1 aromatic carbocycles. The van der Waals surface area contributed by atoms with E-state index in [0.29, 0.717) is 17.0 Å². The van der Waals surface area contributed by atoms with Crippen molar-refractivity contribution < 1.29 is 10.0 Å². The number of nitrogens with zero attached hydrogens (tertiary/aromatic N) is 1. The number of carbonyl (C=O) groups is 1. The first-order valence-electron chi connectivity index (χ1n) is 6.50. The van der Waals surface area contributed by atoms with Crippen LogP contribution in [0.3, 0.4) is 0 Å². The number of rotatable bonds is 3. The summed E-state index contributed by atoms with van der Waals surface area (Å²) in [6.45, 7) is 2.17. The molecule has 1 amide bonds. The first-order chi connectivity index (χ1) is 9.11. The maximum Gasteiger partial charge on any atom is 0.251 e. The molecule has 0 aromatic heterocycles. The smallest absolute Gasteiger partial charge is 0.251 e. The van der Waals surface area contributed by atoms with Crippen molar-refractivity contribution in [3.8, 4) is 0 Å². The van der Waals surface area contributed by atoms with Crippen LogP contribution in [0.5, 0.6) is 0 Å². The van der Waals surface area contributed by atoms with Crippen molar-refractivity contribution in [3.63, 3.8) is 0 Å². The maximum atomic E-state index is 12.1. The van der Waals surface area contributed by atoms with Gasteiger partial charge in [-0.2, -0.15) is 0 Å². The van der Waals surface area contributed by atoms with E-state index in [1.54, 1.807) is 24.3 Å². The van der Waals surface area contributed by atoms with Crippen LogP contribution in [0.25, 0.3) is 0 Å². The van der Waals surface area contributed by atoms with E-state index in [4.69, 9.17) is 10.9 Å². The predicted molar refractivity (Wildman–Crippen MR) is 73.2 cm³/mol. The van der Waals surface area contributed by atoms with Gasteiger partial charge in [0, 0.05) is 17.2 Å². The summed E-state index contributed by atoms with van der Waals surface area (Å²) in [6, 6.07) is 6.98. The lowest BCUT2D eigenvalue weighted by Gasteiger charge is -2.17. The summed E-state index contributed by atoms with van der Waals surface area (Å²) in [7, 11) is 0. The molecule has 5 heteroatoms. The second-order valence-corrected chi connectivity index (χ2v) is 5.05. The van der Waals surface area contributed by atoms with Gasteiger partial charge in [0.2, 0.25) is 0 Å². The molecule has 1 aromatic rings. The van der Waals surface area contributed by atoms with Crippen LogP contribution in [0, 0.1) is 5.92 Å². The fourth-order valence-electron chi connectivity index (χ4n) is 2.46. The van der Waals surface area contributed by atoms with Crippen LogP contribution in [0.4, 0.5) is 0 Å². The highest BCUT2D eigenvalue weighted by Gasteiger charge is 2.24. The highest BCUT2D eigenvalue weighted by atomic mass is 16.4. The Bertz CT molecular complexity index is 482. The molecular formula is C14H19N3O2. The molecular weight excluding hydrogens is 242 g/mol. The molecule has 19 heavy (non-hydrogen) atoms. The van der Waals surface area contributed by atoms with Crippen LogP contribution in [0.15, 0.2) is 29.4 Å². The van der Waals surface area contributed by atoms with Crippen LogP contribution in [-0.2, 0) is 0 Å². The molecule has 0 heterocycles. The number of benzene rings is 1. The molecule has 2 rings (SSSR count). The first kappa shape index (κ1) is 13.4. The highest BCUT2D eigenvalue weighted by molar-refractivity contribution is 5.99. The summed E-state index contributed by atoms with van der Waals surface area (Å²) < 4.78 is 0. The molecule has 5 nitrogen and oxygen atoms in total. The van der Waals surface area contributed by atoms with E-state index in [1.807, 2.05) is 0 Å². The Balaban J connectivity index is 2.03. The van der Waals surface area contributed by atoms with Crippen LogP contribution in [0.1, 0.15) is 42.1 Å². The SMILES string of the molecule is CC1CCCC1NC(=O)c1ccc(C(N)=NO)cc1.